The summed E-state index contributed by atoms with van der Waals surface area (Å²) < 4.78 is 5.44. The molecule has 1 aliphatic carbocycles. The molecule has 4 rings (SSSR count). The molecule has 0 spiro atoms. The molecule has 0 fully saturated rings. The van der Waals surface area contributed by atoms with Gasteiger partial charge in [0.05, 0.1) is 11.0 Å². The van der Waals surface area contributed by atoms with Crippen molar-refractivity contribution in [2.75, 3.05) is 6.61 Å². The molecular weight excluding hydrogens is 412 g/mol. The van der Waals surface area contributed by atoms with Crippen LogP contribution in [0.5, 0.6) is 0 Å². The highest BCUT2D eigenvalue weighted by atomic mass is 16.6. The monoisotopic (exact) mass is 432 g/mol. The van der Waals surface area contributed by atoms with Gasteiger partial charge in [-0.1, -0.05) is 66.7 Å². The highest BCUT2D eigenvalue weighted by Gasteiger charge is 2.39. The van der Waals surface area contributed by atoms with E-state index in [0.717, 1.165) is 22.3 Å². The molecule has 8 nitrogen and oxygen atoms in total. The van der Waals surface area contributed by atoms with Crippen LogP contribution in [0.3, 0.4) is 0 Å². The van der Waals surface area contributed by atoms with E-state index in [-0.39, 0.29) is 23.8 Å². The Balaban J connectivity index is 1.58. The standard InChI is InChI=1S/C24H20N2O6/c25-22(18-11-5-6-12-20(18)26(30)31)21(23(27)28)24(29)32-13-19-16-9-3-1-7-14(16)15-8-2-4-10-17(15)19/h1-12,19,21-22H,13,25H2,(H,27,28)/t21-,22-/m1/s1. The van der Waals surface area contributed by atoms with E-state index in [1.54, 1.807) is 0 Å². The zero-order valence-electron chi connectivity index (χ0n) is 16.9. The Bertz CT molecular complexity index is 1160. The molecule has 0 bridgehead atoms. The topological polar surface area (TPSA) is 133 Å². The number of nitro groups is 1. The summed E-state index contributed by atoms with van der Waals surface area (Å²) in [5.41, 5.74) is 9.68. The average Bonchev–Trinajstić information content (AvgIpc) is 3.11. The van der Waals surface area contributed by atoms with Crippen LogP contribution in [0.2, 0.25) is 0 Å². The highest BCUT2D eigenvalue weighted by Crippen LogP contribution is 2.44. The Hall–Kier alpha value is -4.04. The van der Waals surface area contributed by atoms with Gasteiger partial charge >= 0.3 is 11.9 Å². The molecule has 0 radical (unpaired) electrons. The Morgan fingerprint density at radius 1 is 0.969 bits per heavy atom. The van der Waals surface area contributed by atoms with Gasteiger partial charge in [-0.15, -0.1) is 0 Å². The molecule has 0 heterocycles. The Labute approximate surface area is 183 Å². The summed E-state index contributed by atoms with van der Waals surface area (Å²) in [5, 5.41) is 21.0. The quantitative estimate of drug-likeness (QED) is 0.252. The maximum absolute atomic E-state index is 12.8. The number of nitro benzene ring substituents is 1. The van der Waals surface area contributed by atoms with Gasteiger partial charge in [0.25, 0.3) is 5.69 Å². The molecule has 2 atom stereocenters. The summed E-state index contributed by atoms with van der Waals surface area (Å²) in [6.45, 7) is -0.0692. The van der Waals surface area contributed by atoms with Crippen molar-refractivity contribution >= 4 is 17.6 Å². The minimum Gasteiger partial charge on any atom is -0.481 e. The fourth-order valence-electron chi connectivity index (χ4n) is 4.21. The largest absolute Gasteiger partial charge is 0.481 e. The van der Waals surface area contributed by atoms with E-state index in [1.807, 2.05) is 48.5 Å². The highest BCUT2D eigenvalue weighted by molar-refractivity contribution is 5.95. The number of carbonyl (C=O) groups excluding carboxylic acids is 1. The van der Waals surface area contributed by atoms with Crippen molar-refractivity contribution < 1.29 is 24.4 Å². The number of aliphatic carboxylic acids is 1. The number of ether oxygens (including phenoxy) is 1. The number of hydrogen-bond acceptors (Lipinski definition) is 6. The minimum absolute atomic E-state index is 0.0431. The van der Waals surface area contributed by atoms with Gasteiger partial charge in [0.2, 0.25) is 0 Å². The molecule has 32 heavy (non-hydrogen) atoms. The fourth-order valence-corrected chi connectivity index (χ4v) is 4.21. The zero-order valence-corrected chi connectivity index (χ0v) is 16.9. The Morgan fingerprint density at radius 2 is 1.50 bits per heavy atom. The van der Waals surface area contributed by atoms with Crippen LogP contribution in [0.25, 0.3) is 11.1 Å². The second kappa shape index (κ2) is 8.60. The number of esters is 1. The van der Waals surface area contributed by atoms with Crippen LogP contribution in [-0.2, 0) is 14.3 Å². The summed E-state index contributed by atoms with van der Waals surface area (Å²) in [7, 11) is 0. The van der Waals surface area contributed by atoms with Gasteiger partial charge in [0.15, 0.2) is 5.92 Å². The molecule has 0 saturated carbocycles. The van der Waals surface area contributed by atoms with E-state index in [2.05, 4.69) is 0 Å². The lowest BCUT2D eigenvalue weighted by molar-refractivity contribution is -0.385. The molecule has 3 aromatic rings. The number of fused-ring (bicyclic) bond motifs is 3. The molecule has 0 unspecified atom stereocenters. The number of para-hydroxylation sites is 1. The van der Waals surface area contributed by atoms with Crippen LogP contribution < -0.4 is 5.73 Å². The van der Waals surface area contributed by atoms with E-state index >= 15 is 0 Å². The number of carboxylic acid groups (broad SMARTS) is 1. The van der Waals surface area contributed by atoms with E-state index in [1.165, 1.54) is 24.3 Å². The summed E-state index contributed by atoms with van der Waals surface area (Å²) in [5.74, 6) is -4.58. The molecule has 1 aliphatic rings. The second-order valence-corrected chi connectivity index (χ2v) is 7.51. The minimum atomic E-state index is -1.79. The first kappa shape index (κ1) is 21.2. The van der Waals surface area contributed by atoms with Gasteiger partial charge in [-0.3, -0.25) is 19.7 Å². The first-order valence-electron chi connectivity index (χ1n) is 9.96. The van der Waals surface area contributed by atoms with Crippen molar-refractivity contribution in [3.8, 4) is 11.1 Å². The van der Waals surface area contributed by atoms with Gasteiger partial charge in [0, 0.05) is 17.5 Å². The van der Waals surface area contributed by atoms with Crippen molar-refractivity contribution in [1.82, 2.24) is 0 Å². The third-order valence-corrected chi connectivity index (χ3v) is 5.73. The zero-order chi connectivity index (χ0) is 22.8. The molecular formula is C24H20N2O6. The molecule has 3 aromatic carbocycles. The maximum atomic E-state index is 12.8. The van der Waals surface area contributed by atoms with Crippen molar-refractivity contribution in [3.63, 3.8) is 0 Å². The third kappa shape index (κ3) is 3.72. The predicted octanol–water partition coefficient (Wildman–Crippen LogP) is 3.65. The molecule has 0 saturated heterocycles. The molecule has 8 heteroatoms. The number of carboxylic acids is 1. The molecule has 162 valence electrons. The van der Waals surface area contributed by atoms with Crippen molar-refractivity contribution in [2.45, 2.75) is 12.0 Å². The molecule has 0 aromatic heterocycles. The van der Waals surface area contributed by atoms with Crippen LogP contribution in [-0.4, -0.2) is 28.6 Å². The van der Waals surface area contributed by atoms with Crippen molar-refractivity contribution in [2.24, 2.45) is 11.7 Å². The van der Waals surface area contributed by atoms with Crippen LogP contribution in [0.15, 0.2) is 72.8 Å². The summed E-state index contributed by atoms with van der Waals surface area (Å²) >= 11 is 0. The number of carbonyl (C=O) groups is 2. The first-order valence-corrected chi connectivity index (χ1v) is 9.96. The number of nitrogens with zero attached hydrogens (tertiary/aromatic N) is 1. The average molecular weight is 432 g/mol. The molecule has 3 N–H and O–H groups in total. The molecule has 0 amide bonds. The van der Waals surface area contributed by atoms with Crippen LogP contribution in [0.4, 0.5) is 5.69 Å². The lowest BCUT2D eigenvalue weighted by Crippen LogP contribution is -2.36. The number of rotatable bonds is 7. The summed E-state index contributed by atoms with van der Waals surface area (Å²) in [6.07, 6.45) is 0. The SMILES string of the molecule is N[C@H](c1ccccc1[N+](=O)[O-])[C@H](C(=O)O)C(=O)OCC1c2ccccc2-c2ccccc21. The number of benzene rings is 3. The Morgan fingerprint density at radius 3 is 2.06 bits per heavy atom. The smallest absolute Gasteiger partial charge is 0.322 e. The van der Waals surface area contributed by atoms with Crippen LogP contribution in [0, 0.1) is 16.0 Å². The lowest BCUT2D eigenvalue weighted by atomic mass is 9.92. The number of nitrogens with two attached hydrogens (primary N) is 1. The van der Waals surface area contributed by atoms with Crippen LogP contribution >= 0.6 is 0 Å². The van der Waals surface area contributed by atoms with Crippen LogP contribution in [0.1, 0.15) is 28.7 Å². The van der Waals surface area contributed by atoms with Crippen molar-refractivity contribution in [3.05, 3.63) is 99.6 Å². The van der Waals surface area contributed by atoms with Crippen molar-refractivity contribution in [1.29, 1.82) is 0 Å². The number of hydrogen-bond donors (Lipinski definition) is 2. The summed E-state index contributed by atoms with van der Waals surface area (Å²) in [6, 6.07) is 19.6. The van der Waals surface area contributed by atoms with E-state index in [0.29, 0.717) is 0 Å². The normalized spacial score (nSPS) is 14.2. The van der Waals surface area contributed by atoms with Gasteiger partial charge < -0.3 is 15.6 Å². The van der Waals surface area contributed by atoms with Gasteiger partial charge in [-0.05, 0) is 22.3 Å². The predicted molar refractivity (Wildman–Crippen MR) is 116 cm³/mol. The van der Waals surface area contributed by atoms with Gasteiger partial charge in [0.1, 0.15) is 6.61 Å². The maximum Gasteiger partial charge on any atom is 0.322 e. The fraction of sp³-hybridized carbons (Fsp3) is 0.167. The van der Waals surface area contributed by atoms with Gasteiger partial charge in [-0.2, -0.15) is 0 Å². The van der Waals surface area contributed by atoms with Gasteiger partial charge in [-0.25, -0.2) is 0 Å². The molecule has 0 aliphatic heterocycles. The third-order valence-electron chi connectivity index (χ3n) is 5.73. The second-order valence-electron chi connectivity index (χ2n) is 7.51. The first-order chi connectivity index (χ1) is 15.4. The summed E-state index contributed by atoms with van der Waals surface area (Å²) in [4.78, 5) is 35.3. The van der Waals surface area contributed by atoms with E-state index in [4.69, 9.17) is 10.5 Å². The Kier molecular flexibility index (Phi) is 5.70. The lowest BCUT2D eigenvalue weighted by Gasteiger charge is -2.21. The van der Waals surface area contributed by atoms with E-state index in [9.17, 15) is 24.8 Å². The van der Waals surface area contributed by atoms with E-state index < -0.39 is 28.8 Å².